The molecule has 0 atom stereocenters. The van der Waals surface area contributed by atoms with Crippen LogP contribution in [0.25, 0.3) is 10.9 Å². The zero-order chi connectivity index (χ0) is 11.1. The van der Waals surface area contributed by atoms with E-state index in [-0.39, 0.29) is 5.82 Å². The van der Waals surface area contributed by atoms with Gasteiger partial charge >= 0.3 is 0 Å². The van der Waals surface area contributed by atoms with E-state index >= 15 is 0 Å². The van der Waals surface area contributed by atoms with Crippen LogP contribution in [0.2, 0.25) is 0 Å². The topological polar surface area (TPSA) is 30.0 Å². The van der Waals surface area contributed by atoms with Crippen LogP contribution in [0, 0.1) is 5.82 Å². The molecule has 2 aromatic rings. The first-order valence-corrected chi connectivity index (χ1v) is 5.33. The number of fused-ring (bicyclic) bond motifs is 1. The fraction of sp³-hybridized carbons (Fsp3) is 0.231. The Kier molecular flexibility index (Phi) is 1.99. The Bertz CT molecular complexity index is 575. The van der Waals surface area contributed by atoms with Crippen LogP contribution >= 0.6 is 0 Å². The van der Waals surface area contributed by atoms with Gasteiger partial charge in [-0.2, -0.15) is 0 Å². The summed E-state index contributed by atoms with van der Waals surface area (Å²) in [7, 11) is 0. The van der Waals surface area contributed by atoms with E-state index in [1.54, 1.807) is 18.2 Å². The largest absolute Gasteiger partial charge is 0.296 e. The Morgan fingerprint density at radius 2 is 2.12 bits per heavy atom. The predicted octanol–water partition coefficient (Wildman–Crippen LogP) is 3.06. The van der Waals surface area contributed by atoms with Gasteiger partial charge in [-0.25, -0.2) is 9.37 Å². The van der Waals surface area contributed by atoms with Crippen molar-refractivity contribution in [3.8, 4) is 0 Å². The van der Waals surface area contributed by atoms with Gasteiger partial charge in [0, 0.05) is 5.39 Å². The van der Waals surface area contributed by atoms with Crippen molar-refractivity contribution >= 4 is 17.2 Å². The van der Waals surface area contributed by atoms with Crippen molar-refractivity contribution in [3.05, 3.63) is 41.3 Å². The Morgan fingerprint density at radius 3 is 2.81 bits per heavy atom. The van der Waals surface area contributed by atoms with Crippen molar-refractivity contribution in [2.45, 2.75) is 18.8 Å². The number of carbonyl (C=O) groups excluding carboxylic acids is 1. The molecule has 1 saturated carbocycles. The maximum Gasteiger partial charge on any atom is 0.168 e. The van der Waals surface area contributed by atoms with Gasteiger partial charge < -0.3 is 0 Å². The van der Waals surface area contributed by atoms with E-state index in [0.717, 1.165) is 35.6 Å². The minimum Gasteiger partial charge on any atom is -0.296 e. The number of nitrogens with zero attached hydrogens (tertiary/aromatic N) is 1. The molecule has 0 spiro atoms. The average molecular weight is 215 g/mol. The van der Waals surface area contributed by atoms with Crippen molar-refractivity contribution in [2.75, 3.05) is 0 Å². The van der Waals surface area contributed by atoms with Gasteiger partial charge in [0.25, 0.3) is 0 Å². The molecule has 1 aliphatic rings. The van der Waals surface area contributed by atoms with Crippen molar-refractivity contribution < 1.29 is 9.18 Å². The third-order valence-electron chi connectivity index (χ3n) is 2.95. The second kappa shape index (κ2) is 3.37. The zero-order valence-corrected chi connectivity index (χ0v) is 8.61. The van der Waals surface area contributed by atoms with Gasteiger partial charge in [0.1, 0.15) is 11.5 Å². The maximum atomic E-state index is 13.4. The summed E-state index contributed by atoms with van der Waals surface area (Å²) in [5.74, 6) is 0.197. The summed E-state index contributed by atoms with van der Waals surface area (Å²) in [4.78, 5) is 14.9. The molecule has 0 N–H and O–H groups in total. The summed E-state index contributed by atoms with van der Waals surface area (Å²) < 4.78 is 13.4. The fourth-order valence-electron chi connectivity index (χ4n) is 2.01. The van der Waals surface area contributed by atoms with E-state index in [1.807, 2.05) is 0 Å². The smallest absolute Gasteiger partial charge is 0.168 e. The SMILES string of the molecule is O=Cc1ccc2cc(F)cc(C3CC3)c2n1. The summed E-state index contributed by atoms with van der Waals surface area (Å²) in [5.41, 5.74) is 2.12. The Hall–Kier alpha value is -1.77. The average Bonchev–Trinajstić information content (AvgIpc) is 3.11. The molecule has 0 unspecified atom stereocenters. The molecule has 0 amide bonds. The summed E-state index contributed by atoms with van der Waals surface area (Å²) in [6.07, 6.45) is 2.90. The van der Waals surface area contributed by atoms with E-state index in [1.165, 1.54) is 6.07 Å². The van der Waals surface area contributed by atoms with Crippen LogP contribution in [-0.2, 0) is 0 Å². The highest BCUT2D eigenvalue weighted by Gasteiger charge is 2.26. The minimum atomic E-state index is -0.227. The van der Waals surface area contributed by atoms with Crippen molar-refractivity contribution in [3.63, 3.8) is 0 Å². The first-order chi connectivity index (χ1) is 7.78. The molecule has 1 fully saturated rings. The van der Waals surface area contributed by atoms with Gasteiger partial charge in [-0.1, -0.05) is 6.07 Å². The molecule has 1 aliphatic carbocycles. The number of aldehydes is 1. The number of hydrogen-bond acceptors (Lipinski definition) is 2. The number of pyridine rings is 1. The highest BCUT2D eigenvalue weighted by Crippen LogP contribution is 2.42. The third-order valence-corrected chi connectivity index (χ3v) is 2.95. The molecule has 16 heavy (non-hydrogen) atoms. The molecule has 2 nitrogen and oxygen atoms in total. The lowest BCUT2D eigenvalue weighted by atomic mass is 10.1. The first kappa shape index (κ1) is 9.46. The third kappa shape index (κ3) is 1.48. The molecule has 0 saturated heterocycles. The number of aromatic nitrogens is 1. The van der Waals surface area contributed by atoms with Crippen LogP contribution in [0.4, 0.5) is 4.39 Å². The summed E-state index contributed by atoms with van der Waals surface area (Å²) in [5, 5.41) is 0.771. The fourth-order valence-corrected chi connectivity index (χ4v) is 2.01. The Labute approximate surface area is 92.1 Å². The molecule has 0 radical (unpaired) electrons. The van der Waals surface area contributed by atoms with E-state index in [4.69, 9.17) is 0 Å². The van der Waals surface area contributed by atoms with Crippen molar-refractivity contribution in [1.29, 1.82) is 0 Å². The quantitative estimate of drug-likeness (QED) is 0.720. The van der Waals surface area contributed by atoms with Crippen LogP contribution in [0.15, 0.2) is 24.3 Å². The van der Waals surface area contributed by atoms with Gasteiger partial charge in [0.05, 0.1) is 5.52 Å². The molecule has 80 valence electrons. The van der Waals surface area contributed by atoms with Gasteiger partial charge in [0.2, 0.25) is 0 Å². The van der Waals surface area contributed by atoms with Crippen molar-refractivity contribution in [2.24, 2.45) is 0 Å². The van der Waals surface area contributed by atoms with E-state index < -0.39 is 0 Å². The van der Waals surface area contributed by atoms with Crippen molar-refractivity contribution in [1.82, 2.24) is 4.98 Å². The summed E-state index contributed by atoms with van der Waals surface area (Å²) >= 11 is 0. The number of rotatable bonds is 2. The van der Waals surface area contributed by atoms with Crippen LogP contribution in [0.5, 0.6) is 0 Å². The number of halogens is 1. The molecular formula is C13H10FNO. The molecule has 3 heteroatoms. The molecule has 3 rings (SSSR count). The van der Waals surface area contributed by atoms with E-state index in [9.17, 15) is 9.18 Å². The highest BCUT2D eigenvalue weighted by atomic mass is 19.1. The second-order valence-electron chi connectivity index (χ2n) is 4.19. The van der Waals surface area contributed by atoms with Gasteiger partial charge in [0.15, 0.2) is 6.29 Å². The Balaban J connectivity index is 2.31. The van der Waals surface area contributed by atoms with Crippen LogP contribution in [-0.4, -0.2) is 11.3 Å². The number of hydrogen-bond donors (Lipinski definition) is 0. The summed E-state index contributed by atoms with van der Waals surface area (Å²) in [6, 6.07) is 6.37. The van der Waals surface area contributed by atoms with Crippen LogP contribution < -0.4 is 0 Å². The second-order valence-corrected chi connectivity index (χ2v) is 4.19. The van der Waals surface area contributed by atoms with Gasteiger partial charge in [-0.15, -0.1) is 0 Å². The monoisotopic (exact) mass is 215 g/mol. The molecule has 1 heterocycles. The number of carbonyl (C=O) groups is 1. The highest BCUT2D eigenvalue weighted by molar-refractivity contribution is 5.86. The maximum absolute atomic E-state index is 13.4. The van der Waals surface area contributed by atoms with Crippen LogP contribution in [0.3, 0.4) is 0 Å². The molecule has 1 aromatic carbocycles. The molecule has 0 bridgehead atoms. The number of benzene rings is 1. The van der Waals surface area contributed by atoms with Crippen LogP contribution in [0.1, 0.15) is 34.8 Å². The normalized spacial score (nSPS) is 15.3. The van der Waals surface area contributed by atoms with Gasteiger partial charge in [-0.3, -0.25) is 4.79 Å². The standard InChI is InChI=1S/C13H10FNO/c14-10-5-9-3-4-11(7-16)15-13(9)12(6-10)8-1-2-8/h3-8H,1-2H2. The predicted molar refractivity (Wildman–Crippen MR) is 59.1 cm³/mol. The zero-order valence-electron chi connectivity index (χ0n) is 8.61. The molecular weight excluding hydrogens is 205 g/mol. The van der Waals surface area contributed by atoms with E-state index in [0.29, 0.717) is 11.6 Å². The summed E-state index contributed by atoms with van der Waals surface area (Å²) in [6.45, 7) is 0. The first-order valence-electron chi connectivity index (χ1n) is 5.33. The molecule has 1 aromatic heterocycles. The lowest BCUT2D eigenvalue weighted by molar-refractivity contribution is 0.111. The lowest BCUT2D eigenvalue weighted by Gasteiger charge is -2.05. The van der Waals surface area contributed by atoms with Gasteiger partial charge in [-0.05, 0) is 42.5 Å². The Morgan fingerprint density at radius 1 is 1.31 bits per heavy atom. The molecule has 0 aliphatic heterocycles. The van der Waals surface area contributed by atoms with E-state index in [2.05, 4.69) is 4.98 Å². The lowest BCUT2D eigenvalue weighted by Crippen LogP contribution is -1.93. The minimum absolute atomic E-state index is 0.227.